The minimum atomic E-state index is -0.941. The van der Waals surface area contributed by atoms with E-state index in [0.717, 1.165) is 5.56 Å². The molecule has 0 aromatic heterocycles. The monoisotopic (exact) mass is 293 g/mol. The zero-order chi connectivity index (χ0) is 16.0. The number of benzene rings is 1. The summed E-state index contributed by atoms with van der Waals surface area (Å²) in [7, 11) is 1.46. The van der Waals surface area contributed by atoms with Crippen molar-refractivity contribution in [3.63, 3.8) is 0 Å². The number of carbonyl (C=O) groups is 2. The van der Waals surface area contributed by atoms with Gasteiger partial charge in [0.1, 0.15) is 0 Å². The van der Waals surface area contributed by atoms with E-state index in [0.29, 0.717) is 0 Å². The smallest absolute Gasteiger partial charge is 0.305 e. The van der Waals surface area contributed by atoms with Crippen LogP contribution in [0.15, 0.2) is 30.3 Å². The molecule has 0 saturated carbocycles. The van der Waals surface area contributed by atoms with Crippen molar-refractivity contribution < 1.29 is 19.4 Å². The summed E-state index contributed by atoms with van der Waals surface area (Å²) in [6.07, 6.45) is -0.870. The van der Waals surface area contributed by atoms with Gasteiger partial charge in [-0.3, -0.25) is 9.59 Å². The molecule has 1 rings (SSSR count). The van der Waals surface area contributed by atoms with Crippen LogP contribution in [0.2, 0.25) is 0 Å². The highest BCUT2D eigenvalue weighted by Crippen LogP contribution is 2.24. The van der Waals surface area contributed by atoms with Crippen LogP contribution < -0.4 is 5.32 Å². The van der Waals surface area contributed by atoms with E-state index in [4.69, 9.17) is 9.84 Å². The van der Waals surface area contributed by atoms with E-state index in [2.05, 4.69) is 5.32 Å². The van der Waals surface area contributed by atoms with Crippen LogP contribution in [0.25, 0.3) is 0 Å². The Kier molecular flexibility index (Phi) is 5.90. The lowest BCUT2D eigenvalue weighted by Crippen LogP contribution is -2.47. The predicted molar refractivity (Wildman–Crippen MR) is 79.8 cm³/mol. The highest BCUT2D eigenvalue weighted by molar-refractivity contribution is 5.83. The summed E-state index contributed by atoms with van der Waals surface area (Å²) >= 11 is 0. The van der Waals surface area contributed by atoms with Gasteiger partial charge in [-0.2, -0.15) is 0 Å². The summed E-state index contributed by atoms with van der Waals surface area (Å²) in [5.74, 6) is -1.27. The molecule has 0 fully saturated rings. The molecule has 21 heavy (non-hydrogen) atoms. The first-order chi connectivity index (χ1) is 9.75. The van der Waals surface area contributed by atoms with Crippen LogP contribution in [0.4, 0.5) is 0 Å². The summed E-state index contributed by atoms with van der Waals surface area (Å²) in [5.41, 5.74) is 0.378. The second-order valence-corrected chi connectivity index (χ2v) is 6.05. The minimum absolute atomic E-state index is 0.125. The Labute approximate surface area is 125 Å². The first-order valence-electron chi connectivity index (χ1n) is 6.85. The molecule has 1 aromatic carbocycles. The molecule has 0 spiro atoms. The molecule has 5 heteroatoms. The molecule has 0 heterocycles. The molecule has 2 N–H and O–H groups in total. The number of carboxylic acids is 1. The van der Waals surface area contributed by atoms with E-state index < -0.39 is 18.1 Å². The number of amides is 1. The number of hydrogen-bond acceptors (Lipinski definition) is 3. The van der Waals surface area contributed by atoms with E-state index in [1.165, 1.54) is 7.11 Å². The molecule has 116 valence electrons. The molecule has 0 radical (unpaired) electrons. The fourth-order valence-corrected chi connectivity index (χ4v) is 2.02. The van der Waals surface area contributed by atoms with Gasteiger partial charge in [0.05, 0.1) is 6.42 Å². The van der Waals surface area contributed by atoms with Crippen molar-refractivity contribution in [1.29, 1.82) is 0 Å². The van der Waals surface area contributed by atoms with Gasteiger partial charge in [0.25, 0.3) is 5.91 Å². The molecule has 1 aromatic rings. The van der Waals surface area contributed by atoms with Crippen LogP contribution >= 0.6 is 0 Å². The second-order valence-electron chi connectivity index (χ2n) is 6.05. The van der Waals surface area contributed by atoms with Gasteiger partial charge in [-0.25, -0.2) is 0 Å². The lowest BCUT2D eigenvalue weighted by molar-refractivity contribution is -0.139. The molecule has 2 atom stereocenters. The number of carboxylic acid groups (broad SMARTS) is 1. The van der Waals surface area contributed by atoms with Crippen LogP contribution in [0.1, 0.15) is 38.9 Å². The van der Waals surface area contributed by atoms with Crippen LogP contribution in [0.3, 0.4) is 0 Å². The average molecular weight is 293 g/mol. The normalized spacial score (nSPS) is 14.3. The molecule has 1 amide bonds. The van der Waals surface area contributed by atoms with E-state index >= 15 is 0 Å². The number of hydrogen-bond donors (Lipinski definition) is 2. The Bertz CT molecular complexity index is 479. The van der Waals surface area contributed by atoms with Crippen molar-refractivity contribution in [2.24, 2.45) is 5.41 Å². The van der Waals surface area contributed by atoms with Crippen molar-refractivity contribution in [3.8, 4) is 0 Å². The maximum Gasteiger partial charge on any atom is 0.305 e. The minimum Gasteiger partial charge on any atom is -0.481 e. The third kappa shape index (κ3) is 5.19. The largest absolute Gasteiger partial charge is 0.481 e. The SMILES string of the molecule is COC(C(=O)NC(CC(=O)O)C(C)(C)C)c1ccccc1. The molecule has 0 saturated heterocycles. The Hall–Kier alpha value is -1.88. The van der Waals surface area contributed by atoms with Crippen molar-refractivity contribution >= 4 is 11.9 Å². The quantitative estimate of drug-likeness (QED) is 0.844. The summed E-state index contributed by atoms with van der Waals surface area (Å²) in [6, 6.07) is 8.65. The summed E-state index contributed by atoms with van der Waals surface area (Å²) in [4.78, 5) is 23.3. The Morgan fingerprint density at radius 1 is 1.24 bits per heavy atom. The van der Waals surface area contributed by atoms with Crippen LogP contribution in [-0.4, -0.2) is 30.1 Å². The van der Waals surface area contributed by atoms with Crippen LogP contribution in [0.5, 0.6) is 0 Å². The summed E-state index contributed by atoms with van der Waals surface area (Å²) < 4.78 is 5.26. The van der Waals surface area contributed by atoms with Crippen molar-refractivity contribution in [1.82, 2.24) is 5.32 Å². The molecule has 0 aliphatic rings. The van der Waals surface area contributed by atoms with Gasteiger partial charge >= 0.3 is 5.97 Å². The van der Waals surface area contributed by atoms with Crippen LogP contribution in [0, 0.1) is 5.41 Å². The number of ether oxygens (including phenoxy) is 1. The number of nitrogens with one attached hydrogen (secondary N) is 1. The van der Waals surface area contributed by atoms with E-state index in [1.54, 1.807) is 12.1 Å². The maximum atomic E-state index is 12.4. The predicted octanol–water partition coefficient (Wildman–Crippen LogP) is 2.38. The number of aliphatic carboxylic acids is 1. The molecule has 0 bridgehead atoms. The molecular weight excluding hydrogens is 270 g/mol. The van der Waals surface area contributed by atoms with Gasteiger partial charge in [0.15, 0.2) is 6.10 Å². The molecule has 0 aliphatic carbocycles. The Morgan fingerprint density at radius 2 is 1.81 bits per heavy atom. The first kappa shape index (κ1) is 17.2. The highest BCUT2D eigenvalue weighted by Gasteiger charge is 2.31. The first-order valence-corrected chi connectivity index (χ1v) is 6.85. The van der Waals surface area contributed by atoms with Gasteiger partial charge < -0.3 is 15.2 Å². The van der Waals surface area contributed by atoms with Crippen LogP contribution in [-0.2, 0) is 14.3 Å². The highest BCUT2D eigenvalue weighted by atomic mass is 16.5. The summed E-state index contributed by atoms with van der Waals surface area (Å²) in [5, 5.41) is 11.8. The standard InChI is InChI=1S/C16H23NO4/c1-16(2,3)12(10-13(18)19)17-15(20)14(21-4)11-8-6-5-7-9-11/h5-9,12,14H,10H2,1-4H3,(H,17,20)(H,18,19). The van der Waals surface area contributed by atoms with Gasteiger partial charge in [-0.15, -0.1) is 0 Å². The molecule has 2 unspecified atom stereocenters. The van der Waals surface area contributed by atoms with E-state index in [-0.39, 0.29) is 17.7 Å². The zero-order valence-electron chi connectivity index (χ0n) is 12.9. The number of carbonyl (C=O) groups excluding carboxylic acids is 1. The second kappa shape index (κ2) is 7.22. The number of rotatable bonds is 6. The van der Waals surface area contributed by atoms with Crippen molar-refractivity contribution in [2.75, 3.05) is 7.11 Å². The van der Waals surface area contributed by atoms with E-state index in [1.807, 2.05) is 39.0 Å². The average Bonchev–Trinajstić information content (AvgIpc) is 2.38. The third-order valence-electron chi connectivity index (χ3n) is 3.32. The fraction of sp³-hybridized carbons (Fsp3) is 0.500. The Morgan fingerprint density at radius 3 is 2.24 bits per heavy atom. The Balaban J connectivity index is 2.87. The topological polar surface area (TPSA) is 75.6 Å². The van der Waals surface area contributed by atoms with Crippen molar-refractivity contribution in [2.45, 2.75) is 39.3 Å². The van der Waals surface area contributed by atoms with E-state index in [9.17, 15) is 9.59 Å². The van der Waals surface area contributed by atoms with Gasteiger partial charge in [-0.1, -0.05) is 51.1 Å². The lowest BCUT2D eigenvalue weighted by Gasteiger charge is -2.31. The number of methoxy groups -OCH3 is 1. The van der Waals surface area contributed by atoms with Crippen molar-refractivity contribution in [3.05, 3.63) is 35.9 Å². The third-order valence-corrected chi connectivity index (χ3v) is 3.32. The van der Waals surface area contributed by atoms with Gasteiger partial charge in [-0.05, 0) is 11.0 Å². The molecular formula is C16H23NO4. The van der Waals surface area contributed by atoms with Gasteiger partial charge in [0.2, 0.25) is 0 Å². The maximum absolute atomic E-state index is 12.4. The molecule has 5 nitrogen and oxygen atoms in total. The zero-order valence-corrected chi connectivity index (χ0v) is 12.9. The summed E-state index contributed by atoms with van der Waals surface area (Å²) in [6.45, 7) is 5.68. The fourth-order valence-electron chi connectivity index (χ4n) is 2.02. The lowest BCUT2D eigenvalue weighted by atomic mass is 9.84. The van der Waals surface area contributed by atoms with Gasteiger partial charge in [0, 0.05) is 13.2 Å². The molecule has 0 aliphatic heterocycles.